The second kappa shape index (κ2) is 20.8. The SMILES string of the molecule is CCn1cc(C(=O)O)c(=O)c2cc(F)c(N3CCN(C(=O)OCc4ccc(NC(=O)[C@H](CNC(=N)N)NC(=O)[C@@H](NC(=O)CCCC(=O)N(C)C)C(C)C)cc4)CC3)cc21. The maximum absolute atomic E-state index is 15.3. The summed E-state index contributed by atoms with van der Waals surface area (Å²) >= 11 is 0. The molecule has 3 aromatic rings. The highest BCUT2D eigenvalue weighted by molar-refractivity contribution is 5.99. The van der Waals surface area contributed by atoms with Gasteiger partial charge >= 0.3 is 12.1 Å². The molecule has 60 heavy (non-hydrogen) atoms. The zero-order valence-electron chi connectivity index (χ0n) is 34.3. The van der Waals surface area contributed by atoms with Crippen LogP contribution in [-0.4, -0.2) is 120 Å². The smallest absolute Gasteiger partial charge is 0.410 e. The highest BCUT2D eigenvalue weighted by Crippen LogP contribution is 2.27. The van der Waals surface area contributed by atoms with Gasteiger partial charge in [-0.2, -0.15) is 0 Å². The van der Waals surface area contributed by atoms with Crippen LogP contribution in [0.25, 0.3) is 10.9 Å². The van der Waals surface area contributed by atoms with Gasteiger partial charge in [0.25, 0.3) is 0 Å². The van der Waals surface area contributed by atoms with E-state index in [0.29, 0.717) is 29.7 Å². The highest BCUT2D eigenvalue weighted by Gasteiger charge is 2.30. The third-order valence-corrected chi connectivity index (χ3v) is 9.87. The largest absolute Gasteiger partial charge is 0.477 e. The molecule has 2 aromatic carbocycles. The fourth-order valence-electron chi connectivity index (χ4n) is 6.42. The molecule has 1 saturated heterocycles. The summed E-state index contributed by atoms with van der Waals surface area (Å²) in [5, 5.41) is 27.4. The second-order valence-electron chi connectivity index (χ2n) is 14.8. The highest BCUT2D eigenvalue weighted by atomic mass is 19.1. The average Bonchev–Trinajstić information content (AvgIpc) is 3.20. The quantitative estimate of drug-likeness (QED) is 0.0756. The third-order valence-electron chi connectivity index (χ3n) is 9.87. The zero-order valence-corrected chi connectivity index (χ0v) is 34.3. The number of anilines is 2. The number of fused-ring (bicyclic) bond motifs is 1. The summed E-state index contributed by atoms with van der Waals surface area (Å²) in [6.45, 7) is 6.26. The molecule has 0 unspecified atom stereocenters. The number of hydrogen-bond donors (Lipinski definition) is 7. The average molecular weight is 837 g/mol. The number of nitrogens with zero attached hydrogens (tertiary/aromatic N) is 4. The van der Waals surface area contributed by atoms with Gasteiger partial charge in [0.2, 0.25) is 29.1 Å². The molecule has 1 aromatic heterocycles. The van der Waals surface area contributed by atoms with E-state index in [9.17, 15) is 38.7 Å². The number of rotatable bonds is 17. The van der Waals surface area contributed by atoms with Gasteiger partial charge in [0, 0.05) is 83.5 Å². The summed E-state index contributed by atoms with van der Waals surface area (Å²) in [5.74, 6) is -4.67. The molecule has 0 saturated carbocycles. The van der Waals surface area contributed by atoms with E-state index in [4.69, 9.17) is 15.9 Å². The van der Waals surface area contributed by atoms with Gasteiger partial charge in [-0.25, -0.2) is 14.0 Å². The van der Waals surface area contributed by atoms with E-state index >= 15 is 4.39 Å². The van der Waals surface area contributed by atoms with Crippen LogP contribution in [0.5, 0.6) is 0 Å². The molecule has 1 fully saturated rings. The Morgan fingerprint density at radius 3 is 2.23 bits per heavy atom. The Morgan fingerprint density at radius 2 is 1.65 bits per heavy atom. The van der Waals surface area contributed by atoms with E-state index in [-0.39, 0.29) is 75.1 Å². The summed E-state index contributed by atoms with van der Waals surface area (Å²) < 4.78 is 22.4. The Morgan fingerprint density at radius 1 is 0.983 bits per heavy atom. The maximum atomic E-state index is 15.3. The monoisotopic (exact) mass is 836 g/mol. The Labute approximate surface area is 345 Å². The van der Waals surface area contributed by atoms with Crippen LogP contribution >= 0.6 is 0 Å². The number of halogens is 1. The number of aromatic carboxylic acids is 1. The molecular formula is C40H53FN10O9. The van der Waals surface area contributed by atoms with Crippen molar-refractivity contribution in [2.24, 2.45) is 11.7 Å². The first-order valence-electron chi connectivity index (χ1n) is 19.4. The standard InChI is InChI=1S/C40H53FN10O9/c1-6-49-21-27(38(57)58)35(54)26-18-28(41)31(19-30(26)49)50-14-16-51(17-15-50)40(59)60-22-24-10-12-25(13-11-24)45-36(55)29(20-44-39(42)43)46-37(56)34(23(2)3)47-32(52)8-7-9-33(53)48(4)5/h10-13,18-19,21,23,29,34H,6-9,14-17,20,22H2,1-5H3,(H,45,55)(H,46,56)(H,47,52)(H,57,58)(H4,42,43,44)/t29-,34-/m0/s1. The number of carboxylic acids is 1. The lowest BCUT2D eigenvalue weighted by atomic mass is 10.0. The molecule has 2 heterocycles. The molecule has 0 bridgehead atoms. The molecule has 20 heteroatoms. The molecule has 1 aliphatic rings. The third kappa shape index (κ3) is 12.1. The number of carbonyl (C=O) groups excluding carboxylic acids is 5. The lowest BCUT2D eigenvalue weighted by Gasteiger charge is -2.35. The fraction of sp³-hybridized carbons (Fsp3) is 0.450. The summed E-state index contributed by atoms with van der Waals surface area (Å²) in [6.07, 6.45) is 1.16. The summed E-state index contributed by atoms with van der Waals surface area (Å²) in [5.41, 5.74) is 5.81. The van der Waals surface area contributed by atoms with Crippen LogP contribution in [0.3, 0.4) is 0 Å². The van der Waals surface area contributed by atoms with Gasteiger partial charge in [0.1, 0.15) is 30.1 Å². The predicted molar refractivity (Wildman–Crippen MR) is 221 cm³/mol. The number of piperazine rings is 1. The molecule has 0 radical (unpaired) electrons. The number of amides is 5. The minimum absolute atomic E-state index is 0.0279. The number of carboxylic acid groups (broad SMARTS) is 1. The van der Waals surface area contributed by atoms with Crippen LogP contribution in [0.4, 0.5) is 20.6 Å². The van der Waals surface area contributed by atoms with Crippen molar-refractivity contribution < 1.29 is 43.0 Å². The number of ether oxygens (including phenoxy) is 1. The minimum atomic E-state index is -1.39. The maximum Gasteiger partial charge on any atom is 0.410 e. The summed E-state index contributed by atoms with van der Waals surface area (Å²) in [7, 11) is 3.24. The van der Waals surface area contributed by atoms with E-state index in [1.54, 1.807) is 68.6 Å². The Balaban J connectivity index is 1.30. The van der Waals surface area contributed by atoms with E-state index in [1.165, 1.54) is 22.1 Å². The van der Waals surface area contributed by atoms with E-state index < -0.39 is 64.6 Å². The van der Waals surface area contributed by atoms with Crippen molar-refractivity contribution >= 4 is 63.9 Å². The lowest BCUT2D eigenvalue weighted by Crippen LogP contribution is -2.57. The Bertz CT molecular complexity index is 2150. The molecule has 8 N–H and O–H groups in total. The van der Waals surface area contributed by atoms with Gasteiger partial charge in [-0.1, -0.05) is 26.0 Å². The topological polar surface area (TPSA) is 262 Å². The number of nitrogens with one attached hydrogen (secondary N) is 5. The lowest BCUT2D eigenvalue weighted by molar-refractivity contribution is -0.132. The van der Waals surface area contributed by atoms with E-state index in [2.05, 4.69) is 21.3 Å². The second-order valence-corrected chi connectivity index (χ2v) is 14.8. The first-order valence-corrected chi connectivity index (χ1v) is 19.4. The van der Waals surface area contributed by atoms with Crippen molar-refractivity contribution in [3.63, 3.8) is 0 Å². The molecule has 0 spiro atoms. The van der Waals surface area contributed by atoms with Crippen molar-refractivity contribution in [3.8, 4) is 0 Å². The minimum Gasteiger partial charge on any atom is -0.477 e. The van der Waals surface area contributed by atoms with Gasteiger partial charge in [-0.05, 0) is 49.1 Å². The van der Waals surface area contributed by atoms with Crippen LogP contribution in [0.2, 0.25) is 0 Å². The Kier molecular flexibility index (Phi) is 15.9. The van der Waals surface area contributed by atoms with Crippen LogP contribution in [0.15, 0.2) is 47.4 Å². The van der Waals surface area contributed by atoms with Gasteiger partial charge < -0.3 is 56.1 Å². The molecule has 2 atom stereocenters. The number of guanidine groups is 1. The van der Waals surface area contributed by atoms with Crippen LogP contribution in [0, 0.1) is 17.1 Å². The first-order chi connectivity index (χ1) is 28.4. The summed E-state index contributed by atoms with van der Waals surface area (Å²) in [6, 6.07) is 6.80. The van der Waals surface area contributed by atoms with Gasteiger partial charge in [0.05, 0.1) is 11.2 Å². The number of carbonyl (C=O) groups is 6. The molecule has 4 rings (SSSR count). The zero-order chi connectivity index (χ0) is 44.3. The normalized spacial score (nSPS) is 13.6. The van der Waals surface area contributed by atoms with Crippen molar-refractivity contribution in [2.45, 2.75) is 65.3 Å². The van der Waals surface area contributed by atoms with Crippen LogP contribution in [0.1, 0.15) is 56.0 Å². The predicted octanol–water partition coefficient (Wildman–Crippen LogP) is 1.62. The van der Waals surface area contributed by atoms with Crippen LogP contribution < -0.4 is 37.3 Å². The number of benzene rings is 2. The number of aryl methyl sites for hydroxylation is 1. The van der Waals surface area contributed by atoms with Gasteiger partial charge in [0.15, 0.2) is 5.96 Å². The molecule has 19 nitrogen and oxygen atoms in total. The van der Waals surface area contributed by atoms with E-state index in [0.717, 1.165) is 6.07 Å². The summed E-state index contributed by atoms with van der Waals surface area (Å²) in [4.78, 5) is 93.0. The molecule has 5 amide bonds. The number of nitrogens with two attached hydrogens (primary N) is 1. The van der Waals surface area contributed by atoms with Crippen molar-refractivity contribution in [1.29, 1.82) is 5.41 Å². The molecular weight excluding hydrogens is 783 g/mol. The first kappa shape index (κ1) is 46.0. The number of aromatic nitrogens is 1. The van der Waals surface area contributed by atoms with Crippen molar-refractivity contribution in [2.75, 3.05) is 57.0 Å². The molecule has 1 aliphatic heterocycles. The Hall–Kier alpha value is -6.73. The van der Waals surface area contributed by atoms with Gasteiger partial charge in [-0.3, -0.25) is 29.4 Å². The van der Waals surface area contributed by atoms with E-state index in [1.807, 2.05) is 0 Å². The number of pyridine rings is 1. The van der Waals surface area contributed by atoms with Crippen molar-refractivity contribution in [1.82, 2.24) is 30.3 Å². The van der Waals surface area contributed by atoms with Gasteiger partial charge in [-0.15, -0.1) is 0 Å². The number of hydrogen-bond acceptors (Lipinski definition) is 10. The fourth-order valence-corrected chi connectivity index (χ4v) is 6.42. The molecule has 0 aliphatic carbocycles. The van der Waals surface area contributed by atoms with Crippen molar-refractivity contribution in [3.05, 3.63) is 69.8 Å². The van der Waals surface area contributed by atoms with Crippen LogP contribution in [-0.2, 0) is 37.1 Å². The molecule has 324 valence electrons.